The number of hydrogen-bond acceptors (Lipinski definition) is 7. The molecule has 7 nitrogen and oxygen atoms in total. The van der Waals surface area contributed by atoms with Gasteiger partial charge in [-0.1, -0.05) is 40.3 Å². The van der Waals surface area contributed by atoms with Crippen LogP contribution in [0.4, 0.5) is 5.13 Å². The summed E-state index contributed by atoms with van der Waals surface area (Å²) in [5.74, 6) is -0.0258. The number of rotatable bonds is 7. The second-order valence-corrected chi connectivity index (χ2v) is 8.63. The Labute approximate surface area is 166 Å². The molecule has 1 saturated heterocycles. The number of carbonyl (C=O) groups is 2. The fraction of sp³-hybridized carbons (Fsp3) is 0.444. The first kappa shape index (κ1) is 19.8. The molecule has 0 spiro atoms. The first-order chi connectivity index (χ1) is 13.0. The third-order valence-electron chi connectivity index (χ3n) is 3.99. The monoisotopic (exact) mass is 406 g/mol. The molecule has 1 atom stereocenters. The van der Waals surface area contributed by atoms with Gasteiger partial charge in [0.25, 0.3) is 5.91 Å². The van der Waals surface area contributed by atoms with E-state index in [-0.39, 0.29) is 23.7 Å². The highest BCUT2D eigenvalue weighted by Gasteiger charge is 2.17. The summed E-state index contributed by atoms with van der Waals surface area (Å²) >= 11 is 2.55. The van der Waals surface area contributed by atoms with Crippen molar-refractivity contribution < 1.29 is 14.3 Å². The molecule has 1 aromatic heterocycles. The summed E-state index contributed by atoms with van der Waals surface area (Å²) in [5.41, 5.74) is 2.65. The first-order valence-electron chi connectivity index (χ1n) is 8.74. The topological polar surface area (TPSA) is 93.2 Å². The van der Waals surface area contributed by atoms with Crippen LogP contribution in [0.15, 0.2) is 22.5 Å². The minimum Gasteiger partial charge on any atom is -0.376 e. The van der Waals surface area contributed by atoms with Crippen LogP contribution in [0.5, 0.6) is 0 Å². The molecule has 0 saturated carbocycles. The zero-order valence-electron chi connectivity index (χ0n) is 15.3. The molecular weight excluding hydrogens is 384 g/mol. The summed E-state index contributed by atoms with van der Waals surface area (Å²) in [6.07, 6.45) is 2.18. The van der Waals surface area contributed by atoms with Crippen LogP contribution in [0.3, 0.4) is 0 Å². The van der Waals surface area contributed by atoms with Crippen molar-refractivity contribution in [1.29, 1.82) is 0 Å². The normalized spacial score (nSPS) is 16.3. The lowest BCUT2D eigenvalue weighted by Crippen LogP contribution is -2.32. The van der Waals surface area contributed by atoms with Gasteiger partial charge in [0.05, 0.1) is 11.9 Å². The van der Waals surface area contributed by atoms with Crippen molar-refractivity contribution in [3.8, 4) is 0 Å². The molecule has 0 bridgehead atoms. The highest BCUT2D eigenvalue weighted by molar-refractivity contribution is 8.01. The van der Waals surface area contributed by atoms with Gasteiger partial charge in [-0.2, -0.15) is 0 Å². The number of amides is 2. The molecule has 27 heavy (non-hydrogen) atoms. The summed E-state index contributed by atoms with van der Waals surface area (Å²) in [5, 5.41) is 14.0. The Kier molecular flexibility index (Phi) is 6.81. The van der Waals surface area contributed by atoms with Gasteiger partial charge < -0.3 is 10.1 Å². The van der Waals surface area contributed by atoms with E-state index >= 15 is 0 Å². The zero-order valence-corrected chi connectivity index (χ0v) is 16.9. The van der Waals surface area contributed by atoms with E-state index in [0.29, 0.717) is 21.6 Å². The van der Waals surface area contributed by atoms with Gasteiger partial charge in [0.1, 0.15) is 0 Å². The van der Waals surface area contributed by atoms with E-state index in [4.69, 9.17) is 4.74 Å². The largest absolute Gasteiger partial charge is 0.376 e. The maximum absolute atomic E-state index is 12.3. The van der Waals surface area contributed by atoms with Crippen molar-refractivity contribution >= 4 is 40.0 Å². The first-order valence-corrected chi connectivity index (χ1v) is 10.5. The standard InChI is InChI=1S/C18H22N4O3S2/c1-11-6-12(2)8-13(7-11)16(24)20-17-21-22-18(27-17)26-10-15(23)19-9-14-4-3-5-25-14/h6-8,14H,3-5,9-10H2,1-2H3,(H,19,23)(H,20,21,24). The van der Waals surface area contributed by atoms with Gasteiger partial charge in [0.15, 0.2) is 4.34 Å². The number of carbonyl (C=O) groups excluding carboxylic acids is 2. The number of thioether (sulfide) groups is 1. The molecule has 0 aliphatic carbocycles. The molecule has 3 rings (SSSR count). The van der Waals surface area contributed by atoms with Crippen LogP contribution in [-0.2, 0) is 9.53 Å². The molecule has 9 heteroatoms. The smallest absolute Gasteiger partial charge is 0.257 e. The molecule has 2 N–H and O–H groups in total. The molecule has 2 aromatic rings. The Bertz CT molecular complexity index is 798. The molecule has 2 heterocycles. The molecule has 1 aliphatic heterocycles. The second-order valence-electron chi connectivity index (χ2n) is 6.43. The van der Waals surface area contributed by atoms with Crippen molar-refractivity contribution in [2.75, 3.05) is 24.2 Å². The van der Waals surface area contributed by atoms with Gasteiger partial charge >= 0.3 is 0 Å². The molecule has 144 valence electrons. The van der Waals surface area contributed by atoms with Crippen molar-refractivity contribution in [2.45, 2.75) is 37.1 Å². The fourth-order valence-corrected chi connectivity index (χ4v) is 4.38. The number of ether oxygens (including phenoxy) is 1. The maximum atomic E-state index is 12.3. The number of nitrogens with zero attached hydrogens (tertiary/aromatic N) is 2. The number of anilines is 1. The van der Waals surface area contributed by atoms with E-state index < -0.39 is 0 Å². The third kappa shape index (κ3) is 6.02. The Hall–Kier alpha value is -1.97. The highest BCUT2D eigenvalue weighted by Crippen LogP contribution is 2.25. The van der Waals surface area contributed by atoms with Gasteiger partial charge in [-0.3, -0.25) is 14.9 Å². The maximum Gasteiger partial charge on any atom is 0.257 e. The lowest BCUT2D eigenvalue weighted by Gasteiger charge is -2.09. The van der Waals surface area contributed by atoms with Crippen LogP contribution in [-0.4, -0.2) is 47.0 Å². The number of aryl methyl sites for hydroxylation is 2. The van der Waals surface area contributed by atoms with Gasteiger partial charge in [0.2, 0.25) is 11.0 Å². The molecule has 2 amide bonds. The fourth-order valence-electron chi connectivity index (χ4n) is 2.80. The van der Waals surface area contributed by atoms with Crippen LogP contribution in [0.1, 0.15) is 34.3 Å². The Morgan fingerprint density at radius 3 is 2.74 bits per heavy atom. The Balaban J connectivity index is 1.46. The Morgan fingerprint density at radius 2 is 2.04 bits per heavy atom. The third-order valence-corrected chi connectivity index (χ3v) is 5.96. The van der Waals surface area contributed by atoms with Crippen LogP contribution in [0.2, 0.25) is 0 Å². The Morgan fingerprint density at radius 1 is 1.26 bits per heavy atom. The molecule has 1 aliphatic rings. The number of aromatic nitrogens is 2. The van der Waals surface area contributed by atoms with Gasteiger partial charge in [0, 0.05) is 18.7 Å². The summed E-state index contributed by atoms with van der Waals surface area (Å²) in [6, 6.07) is 5.68. The van der Waals surface area contributed by atoms with Crippen molar-refractivity contribution in [1.82, 2.24) is 15.5 Å². The van der Waals surface area contributed by atoms with E-state index in [1.165, 1.54) is 23.1 Å². The lowest BCUT2D eigenvalue weighted by molar-refractivity contribution is -0.119. The van der Waals surface area contributed by atoms with E-state index in [0.717, 1.165) is 30.6 Å². The predicted octanol–water partition coefficient (Wildman–Crippen LogP) is 2.79. The molecule has 1 aromatic carbocycles. The summed E-state index contributed by atoms with van der Waals surface area (Å²) in [4.78, 5) is 24.3. The number of hydrogen-bond donors (Lipinski definition) is 2. The molecular formula is C18H22N4O3S2. The quantitative estimate of drug-likeness (QED) is 0.543. The minimum absolute atomic E-state index is 0.0634. The molecule has 1 fully saturated rings. The summed E-state index contributed by atoms with van der Waals surface area (Å²) in [6.45, 7) is 5.23. The lowest BCUT2D eigenvalue weighted by atomic mass is 10.1. The van der Waals surface area contributed by atoms with Gasteiger partial charge in [-0.15, -0.1) is 10.2 Å². The minimum atomic E-state index is -0.219. The van der Waals surface area contributed by atoms with Crippen LogP contribution in [0, 0.1) is 13.8 Å². The van der Waals surface area contributed by atoms with Gasteiger partial charge in [-0.05, 0) is 38.8 Å². The number of benzene rings is 1. The molecule has 0 radical (unpaired) electrons. The van der Waals surface area contributed by atoms with E-state index in [9.17, 15) is 9.59 Å². The SMILES string of the molecule is Cc1cc(C)cc(C(=O)Nc2nnc(SCC(=O)NCC3CCCO3)s2)c1. The van der Waals surface area contributed by atoms with E-state index in [2.05, 4.69) is 20.8 Å². The van der Waals surface area contributed by atoms with Crippen LogP contribution >= 0.6 is 23.1 Å². The highest BCUT2D eigenvalue weighted by atomic mass is 32.2. The number of nitrogens with one attached hydrogen (secondary N) is 2. The summed E-state index contributed by atoms with van der Waals surface area (Å²) < 4.78 is 6.11. The zero-order chi connectivity index (χ0) is 19.2. The average molecular weight is 407 g/mol. The van der Waals surface area contributed by atoms with Gasteiger partial charge in [-0.25, -0.2) is 0 Å². The summed E-state index contributed by atoms with van der Waals surface area (Å²) in [7, 11) is 0. The average Bonchev–Trinajstić information content (AvgIpc) is 3.29. The van der Waals surface area contributed by atoms with Crippen molar-refractivity contribution in [2.24, 2.45) is 0 Å². The van der Waals surface area contributed by atoms with E-state index in [1.807, 2.05) is 32.0 Å². The van der Waals surface area contributed by atoms with Crippen molar-refractivity contribution in [3.63, 3.8) is 0 Å². The van der Waals surface area contributed by atoms with E-state index in [1.54, 1.807) is 0 Å². The van der Waals surface area contributed by atoms with Crippen molar-refractivity contribution in [3.05, 3.63) is 34.9 Å². The molecule has 1 unspecified atom stereocenters. The van der Waals surface area contributed by atoms with Crippen LogP contribution < -0.4 is 10.6 Å². The predicted molar refractivity (Wildman–Crippen MR) is 106 cm³/mol. The van der Waals surface area contributed by atoms with Crippen LogP contribution in [0.25, 0.3) is 0 Å². The second kappa shape index (κ2) is 9.29.